The zero-order valence-corrected chi connectivity index (χ0v) is 19.8. The number of hydrogen-bond donors (Lipinski definition) is 2. The van der Waals surface area contributed by atoms with Gasteiger partial charge >= 0.3 is 12.1 Å². The largest absolute Gasteiger partial charge is 0.480 e. The first-order valence-electron chi connectivity index (χ1n) is 12.7. The molecule has 0 spiro atoms. The van der Waals surface area contributed by atoms with Gasteiger partial charge in [0.2, 0.25) is 5.91 Å². The van der Waals surface area contributed by atoms with E-state index in [2.05, 4.69) is 29.6 Å². The van der Waals surface area contributed by atoms with Crippen LogP contribution in [0.25, 0.3) is 11.1 Å². The average molecular weight is 477 g/mol. The molecule has 184 valence electrons. The summed E-state index contributed by atoms with van der Waals surface area (Å²) in [7, 11) is 0. The highest BCUT2D eigenvalue weighted by Crippen LogP contribution is 2.44. The average Bonchev–Trinajstić information content (AvgIpc) is 2.96. The van der Waals surface area contributed by atoms with E-state index in [0.717, 1.165) is 60.8 Å². The van der Waals surface area contributed by atoms with Crippen LogP contribution >= 0.6 is 0 Å². The smallest absolute Gasteiger partial charge is 0.407 e. The number of alkyl carbamates (subject to hydrolysis) is 1. The van der Waals surface area contributed by atoms with Gasteiger partial charge in [-0.15, -0.1) is 0 Å². The zero-order valence-electron chi connectivity index (χ0n) is 19.8. The molecule has 1 saturated carbocycles. The number of amides is 2. The van der Waals surface area contributed by atoms with E-state index in [4.69, 9.17) is 4.74 Å². The van der Waals surface area contributed by atoms with Crippen molar-refractivity contribution in [3.05, 3.63) is 59.7 Å². The van der Waals surface area contributed by atoms with E-state index in [9.17, 15) is 19.5 Å². The minimum Gasteiger partial charge on any atom is -0.480 e. The quantitative estimate of drug-likeness (QED) is 0.638. The third-order valence-corrected chi connectivity index (χ3v) is 7.83. The van der Waals surface area contributed by atoms with E-state index in [-0.39, 0.29) is 24.3 Å². The molecule has 2 amide bonds. The van der Waals surface area contributed by atoms with Crippen LogP contribution in [0.1, 0.15) is 62.0 Å². The van der Waals surface area contributed by atoms with Crippen LogP contribution in [0.2, 0.25) is 0 Å². The molecule has 0 bridgehead atoms. The van der Waals surface area contributed by atoms with Gasteiger partial charge in [-0.05, 0) is 53.9 Å². The molecule has 2 fully saturated rings. The van der Waals surface area contributed by atoms with Gasteiger partial charge in [0.1, 0.15) is 18.7 Å². The van der Waals surface area contributed by atoms with Crippen LogP contribution in [-0.2, 0) is 14.3 Å². The predicted octanol–water partition coefficient (Wildman–Crippen LogP) is 4.55. The number of carbonyl (C=O) groups excluding carboxylic acids is 2. The molecule has 1 heterocycles. The molecular weight excluding hydrogens is 444 g/mol. The summed E-state index contributed by atoms with van der Waals surface area (Å²) in [5, 5.41) is 12.5. The highest BCUT2D eigenvalue weighted by Gasteiger charge is 2.41. The lowest BCUT2D eigenvalue weighted by atomic mass is 9.79. The minimum atomic E-state index is -0.978. The number of carboxylic acid groups (broad SMARTS) is 1. The van der Waals surface area contributed by atoms with Gasteiger partial charge in [0.15, 0.2) is 0 Å². The van der Waals surface area contributed by atoms with Crippen LogP contribution in [0.15, 0.2) is 48.5 Å². The molecule has 35 heavy (non-hydrogen) atoms. The summed E-state index contributed by atoms with van der Waals surface area (Å²) in [5.74, 6) is -1.32. The van der Waals surface area contributed by atoms with Crippen LogP contribution in [0, 0.1) is 5.92 Å². The van der Waals surface area contributed by atoms with Gasteiger partial charge in [-0.1, -0.05) is 67.8 Å². The molecule has 1 aliphatic heterocycles. The maximum absolute atomic E-state index is 13.5. The Morgan fingerprint density at radius 1 is 0.914 bits per heavy atom. The van der Waals surface area contributed by atoms with Crippen LogP contribution in [-0.4, -0.2) is 53.2 Å². The van der Waals surface area contributed by atoms with E-state index in [1.54, 1.807) is 0 Å². The molecule has 2 N–H and O–H groups in total. The molecule has 0 aromatic heterocycles. The number of hydrogen-bond acceptors (Lipinski definition) is 4. The predicted molar refractivity (Wildman–Crippen MR) is 131 cm³/mol. The van der Waals surface area contributed by atoms with E-state index in [0.29, 0.717) is 13.0 Å². The highest BCUT2D eigenvalue weighted by molar-refractivity contribution is 5.90. The Balaban J connectivity index is 1.29. The zero-order chi connectivity index (χ0) is 24.4. The maximum atomic E-state index is 13.5. The number of rotatable bonds is 6. The Hall–Kier alpha value is -3.35. The highest BCUT2D eigenvalue weighted by atomic mass is 16.5. The summed E-state index contributed by atoms with van der Waals surface area (Å²) in [5.41, 5.74) is 4.56. The fraction of sp³-hybridized carbons (Fsp3) is 0.464. The van der Waals surface area contributed by atoms with Crippen molar-refractivity contribution in [3.63, 3.8) is 0 Å². The first-order chi connectivity index (χ1) is 17.0. The molecule has 2 unspecified atom stereocenters. The summed E-state index contributed by atoms with van der Waals surface area (Å²) in [4.78, 5) is 39.8. The second kappa shape index (κ2) is 10.1. The van der Waals surface area contributed by atoms with Crippen molar-refractivity contribution in [2.75, 3.05) is 13.2 Å². The van der Waals surface area contributed by atoms with Crippen molar-refractivity contribution in [1.82, 2.24) is 10.2 Å². The number of aliphatic carboxylic acids is 1. The number of ether oxygens (including phenoxy) is 1. The number of likely N-dealkylation sites (tertiary alicyclic amines) is 1. The van der Waals surface area contributed by atoms with Crippen molar-refractivity contribution < 1.29 is 24.2 Å². The Bertz CT molecular complexity index is 1070. The molecule has 2 aromatic rings. The summed E-state index contributed by atoms with van der Waals surface area (Å²) in [6, 6.07) is 14.7. The summed E-state index contributed by atoms with van der Waals surface area (Å²) in [6.07, 6.45) is 4.97. The van der Waals surface area contributed by atoms with Crippen LogP contribution < -0.4 is 5.32 Å². The van der Waals surface area contributed by atoms with E-state index in [1.807, 2.05) is 24.3 Å². The van der Waals surface area contributed by atoms with Crippen LogP contribution in [0.5, 0.6) is 0 Å². The van der Waals surface area contributed by atoms with Crippen molar-refractivity contribution in [1.29, 1.82) is 0 Å². The van der Waals surface area contributed by atoms with E-state index in [1.165, 1.54) is 4.90 Å². The van der Waals surface area contributed by atoms with Gasteiger partial charge in [-0.2, -0.15) is 0 Å². The first-order valence-corrected chi connectivity index (χ1v) is 12.7. The normalized spacial score (nSPS) is 20.7. The van der Waals surface area contributed by atoms with Gasteiger partial charge in [0.25, 0.3) is 0 Å². The molecule has 3 aliphatic rings. The standard InChI is InChI=1S/C28H32N2O5/c31-26(30-16-7-1-2-15-24(30)27(32)33)25(18-9-8-10-18)29-28(34)35-17-23-21-13-5-3-11-19(21)20-12-4-6-14-22(20)23/h3-6,11-14,18,23-25H,1-2,7-10,15-17H2,(H,29,34)(H,32,33). The molecule has 7 nitrogen and oxygen atoms in total. The number of fused-ring (bicyclic) bond motifs is 3. The molecule has 2 aromatic carbocycles. The fourth-order valence-corrected chi connectivity index (χ4v) is 5.73. The SMILES string of the molecule is O=C(NC(C(=O)N1CCCCCC1C(=O)O)C1CCC1)OCC1c2ccccc2-c2ccccc21. The number of carboxylic acids is 1. The third-order valence-electron chi connectivity index (χ3n) is 7.83. The van der Waals surface area contributed by atoms with E-state index >= 15 is 0 Å². The number of nitrogens with one attached hydrogen (secondary N) is 1. The van der Waals surface area contributed by atoms with Crippen molar-refractivity contribution in [2.45, 2.75) is 62.9 Å². The lowest BCUT2D eigenvalue weighted by molar-refractivity contribution is -0.152. The minimum absolute atomic E-state index is 0.0145. The molecule has 1 saturated heterocycles. The molecule has 2 atom stereocenters. The molecule has 0 radical (unpaired) electrons. The number of nitrogens with zero attached hydrogens (tertiary/aromatic N) is 1. The Morgan fingerprint density at radius 3 is 2.17 bits per heavy atom. The third kappa shape index (κ3) is 4.64. The van der Waals surface area contributed by atoms with Gasteiger partial charge in [-0.25, -0.2) is 9.59 Å². The van der Waals surface area contributed by atoms with Crippen molar-refractivity contribution >= 4 is 18.0 Å². The van der Waals surface area contributed by atoms with Crippen LogP contribution in [0.4, 0.5) is 4.79 Å². The second-order valence-electron chi connectivity index (χ2n) is 9.87. The molecule has 5 rings (SSSR count). The lowest BCUT2D eigenvalue weighted by Gasteiger charge is -2.37. The molecule has 2 aliphatic carbocycles. The van der Waals surface area contributed by atoms with E-state index < -0.39 is 24.1 Å². The second-order valence-corrected chi connectivity index (χ2v) is 9.87. The summed E-state index contributed by atoms with van der Waals surface area (Å²) in [6.45, 7) is 0.582. The molecule has 7 heteroatoms. The summed E-state index contributed by atoms with van der Waals surface area (Å²) >= 11 is 0. The van der Waals surface area contributed by atoms with Gasteiger partial charge in [-0.3, -0.25) is 4.79 Å². The lowest BCUT2D eigenvalue weighted by Crippen LogP contribution is -2.57. The van der Waals surface area contributed by atoms with Crippen molar-refractivity contribution in [2.24, 2.45) is 5.92 Å². The Morgan fingerprint density at radius 2 is 1.57 bits per heavy atom. The monoisotopic (exact) mass is 476 g/mol. The number of benzene rings is 2. The summed E-state index contributed by atoms with van der Waals surface area (Å²) < 4.78 is 5.69. The molecular formula is C28H32N2O5. The van der Waals surface area contributed by atoms with Crippen LogP contribution in [0.3, 0.4) is 0 Å². The first kappa shape index (κ1) is 23.4. The number of carbonyl (C=O) groups is 3. The topological polar surface area (TPSA) is 95.9 Å². The Kier molecular flexibility index (Phi) is 6.75. The Labute approximate surface area is 205 Å². The maximum Gasteiger partial charge on any atom is 0.407 e. The fourth-order valence-electron chi connectivity index (χ4n) is 5.73. The van der Waals surface area contributed by atoms with Gasteiger partial charge < -0.3 is 20.1 Å². The van der Waals surface area contributed by atoms with Gasteiger partial charge in [0.05, 0.1) is 0 Å². The van der Waals surface area contributed by atoms with Gasteiger partial charge in [0, 0.05) is 12.5 Å². The van der Waals surface area contributed by atoms with Crippen molar-refractivity contribution in [3.8, 4) is 11.1 Å².